The van der Waals surface area contributed by atoms with Gasteiger partial charge in [-0.2, -0.15) is 4.31 Å². The molecule has 0 aliphatic rings. The molecule has 0 heterocycles. The highest BCUT2D eigenvalue weighted by Gasteiger charge is 2.18. The number of nitrogens with zero attached hydrogens (tertiary/aromatic N) is 1. The molecule has 0 unspecified atom stereocenters. The fraction of sp³-hybridized carbons (Fsp3) is 0.316. The van der Waals surface area contributed by atoms with Gasteiger partial charge in [-0.05, 0) is 24.6 Å². The highest BCUT2D eigenvalue weighted by molar-refractivity contribution is 7.88. The van der Waals surface area contributed by atoms with Gasteiger partial charge >= 0.3 is 0 Å². The molecular formula is C19H24N2O4S. The summed E-state index contributed by atoms with van der Waals surface area (Å²) in [4.78, 5) is 12.2. The van der Waals surface area contributed by atoms with E-state index in [9.17, 15) is 13.2 Å². The first-order valence-corrected chi connectivity index (χ1v) is 10.1. The molecule has 1 amide bonds. The normalized spacial score (nSPS) is 11.4. The summed E-state index contributed by atoms with van der Waals surface area (Å²) < 4.78 is 30.6. The predicted molar refractivity (Wildman–Crippen MR) is 103 cm³/mol. The lowest BCUT2D eigenvalue weighted by atomic mass is 10.1. The van der Waals surface area contributed by atoms with Gasteiger partial charge in [-0.15, -0.1) is 0 Å². The second-order valence-electron chi connectivity index (χ2n) is 6.08. The minimum absolute atomic E-state index is 0.0526. The van der Waals surface area contributed by atoms with E-state index in [-0.39, 0.29) is 25.4 Å². The average molecular weight is 376 g/mol. The van der Waals surface area contributed by atoms with E-state index in [1.54, 1.807) is 24.3 Å². The number of sulfonamides is 1. The van der Waals surface area contributed by atoms with Gasteiger partial charge in [0, 0.05) is 19.5 Å². The highest BCUT2D eigenvalue weighted by Crippen LogP contribution is 2.23. The molecule has 0 aliphatic carbocycles. The maximum Gasteiger partial charge on any atom is 0.225 e. The van der Waals surface area contributed by atoms with Crippen molar-refractivity contribution in [3.8, 4) is 5.75 Å². The number of ether oxygens (including phenoxy) is 1. The van der Waals surface area contributed by atoms with Gasteiger partial charge in [0.25, 0.3) is 0 Å². The van der Waals surface area contributed by atoms with E-state index in [2.05, 4.69) is 5.32 Å². The molecule has 2 aromatic rings. The summed E-state index contributed by atoms with van der Waals surface area (Å²) in [5.41, 5.74) is 2.55. The zero-order valence-corrected chi connectivity index (χ0v) is 16.0. The number of amides is 1. The zero-order valence-electron chi connectivity index (χ0n) is 15.2. The Bertz CT molecular complexity index is 848. The summed E-state index contributed by atoms with van der Waals surface area (Å²) in [6, 6.07) is 14.7. The Hall–Kier alpha value is -2.38. The van der Waals surface area contributed by atoms with Crippen LogP contribution in [-0.2, 0) is 21.4 Å². The third kappa shape index (κ3) is 5.86. The molecule has 0 saturated carbocycles. The van der Waals surface area contributed by atoms with Crippen molar-refractivity contribution in [2.45, 2.75) is 19.9 Å². The number of hydrogen-bond donors (Lipinski definition) is 1. The fourth-order valence-corrected chi connectivity index (χ4v) is 3.25. The van der Waals surface area contributed by atoms with Gasteiger partial charge in [0.1, 0.15) is 5.75 Å². The van der Waals surface area contributed by atoms with Gasteiger partial charge in [0.15, 0.2) is 0 Å². The predicted octanol–water partition coefficient (Wildman–Crippen LogP) is 2.79. The van der Waals surface area contributed by atoms with Crippen LogP contribution in [0.1, 0.15) is 17.5 Å². The van der Waals surface area contributed by atoms with Gasteiger partial charge in [-0.3, -0.25) is 4.79 Å². The topological polar surface area (TPSA) is 75.7 Å². The van der Waals surface area contributed by atoms with Crippen LogP contribution >= 0.6 is 0 Å². The zero-order chi connectivity index (χ0) is 19.2. The Morgan fingerprint density at radius 3 is 2.38 bits per heavy atom. The molecule has 0 saturated heterocycles. The number of rotatable bonds is 8. The van der Waals surface area contributed by atoms with Crippen molar-refractivity contribution in [3.05, 3.63) is 59.7 Å². The minimum atomic E-state index is -3.43. The third-order valence-corrected chi connectivity index (χ3v) is 5.17. The van der Waals surface area contributed by atoms with E-state index >= 15 is 0 Å². The van der Waals surface area contributed by atoms with Crippen LogP contribution in [-0.4, -0.2) is 38.5 Å². The summed E-state index contributed by atoms with van der Waals surface area (Å²) in [5.74, 6) is 0.285. The molecule has 2 rings (SSSR count). The van der Waals surface area contributed by atoms with Crippen LogP contribution in [0.15, 0.2) is 48.5 Å². The molecule has 0 fully saturated rings. The molecule has 0 bridgehead atoms. The molecule has 0 spiro atoms. The number of benzene rings is 2. The van der Waals surface area contributed by atoms with E-state index in [0.717, 1.165) is 17.4 Å². The molecule has 0 aliphatic heterocycles. The maximum absolute atomic E-state index is 12.2. The lowest BCUT2D eigenvalue weighted by Crippen LogP contribution is -2.32. The Morgan fingerprint density at radius 1 is 1.12 bits per heavy atom. The van der Waals surface area contributed by atoms with Crippen LogP contribution in [0.25, 0.3) is 0 Å². The van der Waals surface area contributed by atoms with Gasteiger partial charge in [-0.25, -0.2) is 8.42 Å². The van der Waals surface area contributed by atoms with Crippen LogP contribution in [0, 0.1) is 6.92 Å². The van der Waals surface area contributed by atoms with Crippen molar-refractivity contribution in [1.82, 2.24) is 4.31 Å². The average Bonchev–Trinajstić information content (AvgIpc) is 2.59. The van der Waals surface area contributed by atoms with Crippen LogP contribution in [0.2, 0.25) is 0 Å². The second kappa shape index (κ2) is 8.82. The van der Waals surface area contributed by atoms with Crippen molar-refractivity contribution < 1.29 is 17.9 Å². The molecule has 26 heavy (non-hydrogen) atoms. The SMILES string of the molecule is COc1ccccc1NC(=O)CCN(Cc1ccc(C)cc1)S(C)(=O)=O. The van der Waals surface area contributed by atoms with Crippen molar-refractivity contribution in [1.29, 1.82) is 0 Å². The van der Waals surface area contributed by atoms with E-state index in [4.69, 9.17) is 4.74 Å². The summed E-state index contributed by atoms with van der Waals surface area (Å²) in [6.07, 6.45) is 1.20. The second-order valence-corrected chi connectivity index (χ2v) is 8.06. The van der Waals surface area contributed by atoms with Gasteiger partial charge in [0.2, 0.25) is 15.9 Å². The van der Waals surface area contributed by atoms with Crippen LogP contribution in [0.5, 0.6) is 5.75 Å². The number of carbonyl (C=O) groups excluding carboxylic acids is 1. The molecule has 0 atom stereocenters. The number of carbonyl (C=O) groups is 1. The lowest BCUT2D eigenvalue weighted by Gasteiger charge is -2.20. The summed E-state index contributed by atoms with van der Waals surface area (Å²) >= 11 is 0. The molecule has 7 heteroatoms. The first-order chi connectivity index (χ1) is 12.3. The van der Waals surface area contributed by atoms with E-state index in [0.29, 0.717) is 11.4 Å². The Balaban J connectivity index is 2.00. The van der Waals surface area contributed by atoms with Crippen molar-refractivity contribution >= 4 is 21.6 Å². The lowest BCUT2D eigenvalue weighted by molar-refractivity contribution is -0.116. The maximum atomic E-state index is 12.2. The third-order valence-electron chi connectivity index (χ3n) is 3.92. The van der Waals surface area contributed by atoms with Gasteiger partial charge in [-0.1, -0.05) is 42.0 Å². The molecular weight excluding hydrogens is 352 g/mol. The molecule has 6 nitrogen and oxygen atoms in total. The smallest absolute Gasteiger partial charge is 0.225 e. The molecule has 0 aromatic heterocycles. The minimum Gasteiger partial charge on any atom is -0.495 e. The first kappa shape index (κ1) is 19.9. The summed E-state index contributed by atoms with van der Waals surface area (Å²) in [7, 11) is -1.90. The van der Waals surface area contributed by atoms with Crippen molar-refractivity contribution in [2.75, 3.05) is 25.2 Å². The molecule has 1 N–H and O–H groups in total. The number of anilines is 1. The van der Waals surface area contributed by atoms with E-state index < -0.39 is 10.0 Å². The summed E-state index contributed by atoms with van der Waals surface area (Å²) in [6.45, 7) is 2.31. The molecule has 140 valence electrons. The van der Waals surface area contributed by atoms with E-state index in [1.807, 2.05) is 31.2 Å². The number of methoxy groups -OCH3 is 1. The van der Waals surface area contributed by atoms with Crippen LogP contribution in [0.3, 0.4) is 0 Å². The quantitative estimate of drug-likeness (QED) is 0.769. The highest BCUT2D eigenvalue weighted by atomic mass is 32.2. The largest absolute Gasteiger partial charge is 0.495 e. The summed E-state index contributed by atoms with van der Waals surface area (Å²) in [5, 5.41) is 2.75. The monoisotopic (exact) mass is 376 g/mol. The van der Waals surface area contributed by atoms with Gasteiger partial charge in [0.05, 0.1) is 19.1 Å². The van der Waals surface area contributed by atoms with Crippen molar-refractivity contribution in [2.24, 2.45) is 0 Å². The fourth-order valence-electron chi connectivity index (χ4n) is 2.45. The number of aryl methyl sites for hydroxylation is 1. The number of hydrogen-bond acceptors (Lipinski definition) is 4. The Labute approximate surface area is 154 Å². The van der Waals surface area contributed by atoms with Gasteiger partial charge < -0.3 is 10.1 Å². The Kier molecular flexibility index (Phi) is 6.76. The standard InChI is InChI=1S/C19H24N2O4S/c1-15-8-10-16(11-9-15)14-21(26(3,23)24)13-12-19(22)20-17-6-4-5-7-18(17)25-2/h4-11H,12-14H2,1-3H3,(H,20,22). The Morgan fingerprint density at radius 2 is 1.77 bits per heavy atom. The first-order valence-electron chi connectivity index (χ1n) is 8.23. The number of nitrogens with one attached hydrogen (secondary N) is 1. The molecule has 2 aromatic carbocycles. The van der Waals surface area contributed by atoms with E-state index in [1.165, 1.54) is 11.4 Å². The molecule has 0 radical (unpaired) electrons. The van der Waals surface area contributed by atoms with Crippen LogP contribution in [0.4, 0.5) is 5.69 Å². The van der Waals surface area contributed by atoms with Crippen LogP contribution < -0.4 is 10.1 Å². The van der Waals surface area contributed by atoms with Crippen molar-refractivity contribution in [3.63, 3.8) is 0 Å². The number of para-hydroxylation sites is 2.